The predicted octanol–water partition coefficient (Wildman–Crippen LogP) is 1.83. The van der Waals surface area contributed by atoms with Crippen LogP contribution in [0.25, 0.3) is 0 Å². The maximum Gasteiger partial charge on any atom is 0.186 e. The summed E-state index contributed by atoms with van der Waals surface area (Å²) in [5.41, 5.74) is 1.01. The van der Waals surface area contributed by atoms with E-state index >= 15 is 0 Å². The number of carbonyl (C=O) groups excluding carboxylic acids is 3. The lowest BCUT2D eigenvalue weighted by atomic mass is 9.95. The van der Waals surface area contributed by atoms with E-state index in [-0.39, 0.29) is 11.6 Å². The van der Waals surface area contributed by atoms with Crippen molar-refractivity contribution in [3.63, 3.8) is 0 Å². The molecule has 0 aliphatic heterocycles. The van der Waals surface area contributed by atoms with Gasteiger partial charge in [0.05, 0.1) is 0 Å². The highest BCUT2D eigenvalue weighted by atomic mass is 16.1. The van der Waals surface area contributed by atoms with Gasteiger partial charge in [0.1, 0.15) is 6.29 Å². The maximum absolute atomic E-state index is 11.2. The molecule has 0 saturated carbocycles. The SMILES string of the molecule is CC=O.O=C1C=CC(=O)c2ccccc21. The molecule has 0 aromatic heterocycles. The summed E-state index contributed by atoms with van der Waals surface area (Å²) < 4.78 is 0. The number of rotatable bonds is 0. The van der Waals surface area contributed by atoms with Crippen molar-refractivity contribution in [2.24, 2.45) is 0 Å². The van der Waals surface area contributed by atoms with Gasteiger partial charge >= 0.3 is 0 Å². The van der Waals surface area contributed by atoms with Crippen molar-refractivity contribution in [2.45, 2.75) is 6.92 Å². The van der Waals surface area contributed by atoms with Crippen LogP contribution in [0.5, 0.6) is 0 Å². The molecule has 0 heterocycles. The summed E-state index contributed by atoms with van der Waals surface area (Å²) in [6.45, 7) is 1.44. The van der Waals surface area contributed by atoms with Gasteiger partial charge in [-0.05, 0) is 19.1 Å². The summed E-state index contributed by atoms with van der Waals surface area (Å²) in [5, 5.41) is 0. The van der Waals surface area contributed by atoms with E-state index < -0.39 is 0 Å². The number of hydrogen-bond donors (Lipinski definition) is 0. The van der Waals surface area contributed by atoms with Crippen LogP contribution in [0.1, 0.15) is 27.6 Å². The summed E-state index contributed by atoms with van der Waals surface area (Å²) >= 11 is 0. The lowest BCUT2D eigenvalue weighted by Gasteiger charge is -2.06. The Kier molecular flexibility index (Phi) is 3.68. The van der Waals surface area contributed by atoms with E-state index in [2.05, 4.69) is 0 Å². The molecule has 15 heavy (non-hydrogen) atoms. The second-order valence-electron chi connectivity index (χ2n) is 2.84. The number of aldehydes is 1. The molecule has 0 bridgehead atoms. The molecule has 0 spiro atoms. The van der Waals surface area contributed by atoms with Gasteiger partial charge in [0, 0.05) is 11.1 Å². The Morgan fingerprint density at radius 1 is 0.933 bits per heavy atom. The molecular formula is C12H10O3. The van der Waals surface area contributed by atoms with Crippen molar-refractivity contribution in [3.05, 3.63) is 47.5 Å². The first-order valence-electron chi connectivity index (χ1n) is 4.46. The fraction of sp³-hybridized carbons (Fsp3) is 0.0833. The zero-order valence-corrected chi connectivity index (χ0v) is 8.27. The first kappa shape index (κ1) is 11.0. The van der Waals surface area contributed by atoms with Crippen LogP contribution in [0.4, 0.5) is 0 Å². The third-order valence-corrected chi connectivity index (χ3v) is 1.84. The number of carbonyl (C=O) groups is 3. The van der Waals surface area contributed by atoms with Gasteiger partial charge in [-0.3, -0.25) is 9.59 Å². The summed E-state index contributed by atoms with van der Waals surface area (Å²) in [5.74, 6) is -0.185. The zero-order chi connectivity index (χ0) is 11.3. The van der Waals surface area contributed by atoms with Gasteiger partial charge in [-0.25, -0.2) is 0 Å². The average Bonchev–Trinajstić information content (AvgIpc) is 2.25. The van der Waals surface area contributed by atoms with Crippen molar-refractivity contribution >= 4 is 17.9 Å². The third kappa shape index (κ3) is 2.47. The van der Waals surface area contributed by atoms with Crippen LogP contribution in [-0.4, -0.2) is 17.9 Å². The number of ketones is 2. The Bertz CT molecular complexity index is 393. The van der Waals surface area contributed by atoms with Gasteiger partial charge in [0.15, 0.2) is 11.6 Å². The van der Waals surface area contributed by atoms with E-state index in [9.17, 15) is 9.59 Å². The van der Waals surface area contributed by atoms with E-state index in [1.54, 1.807) is 24.3 Å². The van der Waals surface area contributed by atoms with Crippen molar-refractivity contribution in [1.29, 1.82) is 0 Å². The number of benzene rings is 1. The molecule has 1 aliphatic rings. The van der Waals surface area contributed by atoms with E-state index in [1.165, 1.54) is 19.1 Å². The number of fused-ring (bicyclic) bond motifs is 1. The van der Waals surface area contributed by atoms with Gasteiger partial charge in [0.25, 0.3) is 0 Å². The van der Waals surface area contributed by atoms with E-state index in [1.807, 2.05) is 0 Å². The van der Waals surface area contributed by atoms with Crippen LogP contribution < -0.4 is 0 Å². The average molecular weight is 202 g/mol. The fourth-order valence-corrected chi connectivity index (χ4v) is 1.24. The summed E-state index contributed by atoms with van der Waals surface area (Å²) in [7, 11) is 0. The molecule has 1 aromatic rings. The minimum absolute atomic E-state index is 0.0924. The lowest BCUT2D eigenvalue weighted by Crippen LogP contribution is -2.10. The van der Waals surface area contributed by atoms with Crippen LogP contribution in [0.2, 0.25) is 0 Å². The van der Waals surface area contributed by atoms with Crippen molar-refractivity contribution in [1.82, 2.24) is 0 Å². The Labute approximate surface area is 87.4 Å². The minimum atomic E-state index is -0.0924. The van der Waals surface area contributed by atoms with Crippen molar-refractivity contribution < 1.29 is 14.4 Å². The molecule has 1 aromatic carbocycles. The Morgan fingerprint density at radius 3 is 1.60 bits per heavy atom. The molecule has 3 nitrogen and oxygen atoms in total. The zero-order valence-electron chi connectivity index (χ0n) is 8.27. The quantitative estimate of drug-likeness (QED) is 0.603. The van der Waals surface area contributed by atoms with Crippen molar-refractivity contribution in [2.75, 3.05) is 0 Å². The molecule has 0 atom stereocenters. The largest absolute Gasteiger partial charge is 0.304 e. The van der Waals surface area contributed by atoms with Gasteiger partial charge in [0.2, 0.25) is 0 Å². The number of hydrogen-bond acceptors (Lipinski definition) is 3. The summed E-state index contributed by atoms with van der Waals surface area (Å²) in [4.78, 5) is 31.2. The first-order valence-corrected chi connectivity index (χ1v) is 4.46. The van der Waals surface area contributed by atoms with Crippen LogP contribution in [0.3, 0.4) is 0 Å². The monoisotopic (exact) mass is 202 g/mol. The molecule has 0 N–H and O–H groups in total. The molecule has 1 aliphatic carbocycles. The van der Waals surface area contributed by atoms with Gasteiger partial charge in [-0.15, -0.1) is 0 Å². The molecule has 0 amide bonds. The van der Waals surface area contributed by atoms with Gasteiger partial charge in [-0.2, -0.15) is 0 Å². The standard InChI is InChI=1S/C10H6O2.C2H4O/c11-9-5-6-10(12)8-4-2-1-3-7(8)9;1-2-3/h1-6H;2H,1H3. The summed E-state index contributed by atoms with van der Waals surface area (Å²) in [6.07, 6.45) is 3.37. The van der Waals surface area contributed by atoms with Crippen LogP contribution in [-0.2, 0) is 4.79 Å². The maximum atomic E-state index is 11.2. The van der Waals surface area contributed by atoms with Gasteiger partial charge < -0.3 is 4.79 Å². The highest BCUT2D eigenvalue weighted by Gasteiger charge is 2.16. The predicted molar refractivity (Wildman–Crippen MR) is 56.0 cm³/mol. The molecule has 2 rings (SSSR count). The Morgan fingerprint density at radius 2 is 1.27 bits per heavy atom. The molecule has 0 fully saturated rings. The second kappa shape index (κ2) is 5.00. The van der Waals surface area contributed by atoms with Crippen LogP contribution in [0.15, 0.2) is 36.4 Å². The van der Waals surface area contributed by atoms with Gasteiger partial charge in [-0.1, -0.05) is 24.3 Å². The first-order chi connectivity index (χ1) is 7.20. The lowest BCUT2D eigenvalue weighted by molar-refractivity contribution is -0.106. The molecular weight excluding hydrogens is 192 g/mol. The van der Waals surface area contributed by atoms with E-state index in [0.717, 1.165) is 6.29 Å². The van der Waals surface area contributed by atoms with E-state index in [4.69, 9.17) is 4.79 Å². The van der Waals surface area contributed by atoms with Crippen molar-refractivity contribution in [3.8, 4) is 0 Å². The van der Waals surface area contributed by atoms with Crippen LogP contribution >= 0.6 is 0 Å². The smallest absolute Gasteiger partial charge is 0.186 e. The summed E-state index contributed by atoms with van der Waals surface area (Å²) in [6, 6.07) is 6.84. The topological polar surface area (TPSA) is 51.2 Å². The molecule has 76 valence electrons. The molecule has 3 heteroatoms. The van der Waals surface area contributed by atoms with Crippen LogP contribution in [0, 0.1) is 0 Å². The highest BCUT2D eigenvalue weighted by molar-refractivity contribution is 6.21. The minimum Gasteiger partial charge on any atom is -0.304 e. The Balaban J connectivity index is 0.000000337. The number of allylic oxidation sites excluding steroid dienone is 2. The second-order valence-corrected chi connectivity index (χ2v) is 2.84. The third-order valence-electron chi connectivity index (χ3n) is 1.84. The normalized spacial score (nSPS) is 12.6. The fourth-order valence-electron chi connectivity index (χ4n) is 1.24. The highest BCUT2D eigenvalue weighted by Crippen LogP contribution is 2.15. The molecule has 0 unspecified atom stereocenters. The molecule has 0 saturated heterocycles. The Hall–Kier alpha value is -2.03. The van der Waals surface area contributed by atoms with E-state index in [0.29, 0.717) is 11.1 Å². The molecule has 0 radical (unpaired) electrons.